The van der Waals surface area contributed by atoms with Crippen LogP contribution in [0.15, 0.2) is 0 Å². The molecular formula is C9H20N2O. The first kappa shape index (κ1) is 9.96. The van der Waals surface area contributed by atoms with Crippen LogP contribution in [0, 0.1) is 11.8 Å². The average Bonchev–Trinajstić information content (AvgIpc) is 2.17. The van der Waals surface area contributed by atoms with Gasteiger partial charge in [0, 0.05) is 0 Å². The van der Waals surface area contributed by atoms with Gasteiger partial charge < -0.3 is 10.8 Å². The first-order valence-corrected chi connectivity index (χ1v) is 4.83. The van der Waals surface area contributed by atoms with Gasteiger partial charge in [-0.1, -0.05) is 0 Å². The molecule has 0 saturated heterocycles. The van der Waals surface area contributed by atoms with Gasteiger partial charge in [0.1, 0.15) is 6.23 Å². The number of nitrogens with one attached hydrogen (secondary N) is 1. The van der Waals surface area contributed by atoms with E-state index in [-0.39, 0.29) is 6.23 Å². The van der Waals surface area contributed by atoms with E-state index >= 15 is 0 Å². The molecule has 0 heterocycles. The first-order chi connectivity index (χ1) is 5.77. The molecule has 1 rings (SSSR count). The highest BCUT2D eigenvalue weighted by atomic mass is 16.3. The van der Waals surface area contributed by atoms with E-state index in [1.165, 1.54) is 12.8 Å². The van der Waals surface area contributed by atoms with Crippen molar-refractivity contribution < 1.29 is 5.11 Å². The molecule has 0 aromatic heterocycles. The molecule has 0 aromatic rings. The summed E-state index contributed by atoms with van der Waals surface area (Å²) in [7, 11) is 1.81. The molecule has 1 atom stereocenters. The van der Waals surface area contributed by atoms with E-state index < -0.39 is 0 Å². The summed E-state index contributed by atoms with van der Waals surface area (Å²) in [5.74, 6) is 1.14. The van der Waals surface area contributed by atoms with Crippen molar-refractivity contribution in [3.05, 3.63) is 0 Å². The second-order valence-corrected chi connectivity index (χ2v) is 3.75. The molecular weight excluding hydrogens is 152 g/mol. The van der Waals surface area contributed by atoms with Gasteiger partial charge in [-0.25, -0.2) is 0 Å². The van der Waals surface area contributed by atoms with Gasteiger partial charge in [0.05, 0.1) is 0 Å². The number of rotatable bonds is 3. The van der Waals surface area contributed by atoms with Crippen molar-refractivity contribution in [1.29, 1.82) is 0 Å². The Morgan fingerprint density at radius 3 is 2.42 bits per heavy atom. The minimum atomic E-state index is -0.316. The summed E-state index contributed by atoms with van der Waals surface area (Å²) in [5.41, 5.74) is 5.58. The lowest BCUT2D eigenvalue weighted by Gasteiger charge is -2.30. The number of hydrogen-bond donors (Lipinski definition) is 3. The van der Waals surface area contributed by atoms with Crippen molar-refractivity contribution in [1.82, 2.24) is 5.32 Å². The maximum absolute atomic E-state index is 9.50. The molecule has 1 aliphatic carbocycles. The molecule has 0 radical (unpaired) electrons. The lowest BCUT2D eigenvalue weighted by Crippen LogP contribution is -2.36. The van der Waals surface area contributed by atoms with Crippen molar-refractivity contribution in [3.63, 3.8) is 0 Å². The van der Waals surface area contributed by atoms with Gasteiger partial charge in [0.25, 0.3) is 0 Å². The molecule has 1 saturated carbocycles. The van der Waals surface area contributed by atoms with Gasteiger partial charge >= 0.3 is 0 Å². The van der Waals surface area contributed by atoms with Gasteiger partial charge in [-0.3, -0.25) is 5.32 Å². The van der Waals surface area contributed by atoms with Crippen LogP contribution in [0.2, 0.25) is 0 Å². The van der Waals surface area contributed by atoms with Crippen LogP contribution >= 0.6 is 0 Å². The van der Waals surface area contributed by atoms with Crippen LogP contribution in [0.25, 0.3) is 0 Å². The summed E-state index contributed by atoms with van der Waals surface area (Å²) in [4.78, 5) is 0. The highest BCUT2D eigenvalue weighted by molar-refractivity contribution is 4.76. The second-order valence-electron chi connectivity index (χ2n) is 3.75. The fourth-order valence-corrected chi connectivity index (χ4v) is 1.98. The number of aliphatic hydroxyl groups is 1. The second kappa shape index (κ2) is 4.80. The molecule has 0 aliphatic heterocycles. The highest BCUT2D eigenvalue weighted by Crippen LogP contribution is 2.29. The summed E-state index contributed by atoms with van der Waals surface area (Å²) in [6.07, 6.45) is 4.27. The van der Waals surface area contributed by atoms with E-state index in [0.717, 1.165) is 19.4 Å². The summed E-state index contributed by atoms with van der Waals surface area (Å²) in [6, 6.07) is 0. The fraction of sp³-hybridized carbons (Fsp3) is 1.00. The maximum atomic E-state index is 9.50. The van der Waals surface area contributed by atoms with Crippen LogP contribution in [-0.2, 0) is 0 Å². The third kappa shape index (κ3) is 2.44. The van der Waals surface area contributed by atoms with E-state index in [1.807, 2.05) is 0 Å². The van der Waals surface area contributed by atoms with Gasteiger partial charge in [-0.15, -0.1) is 0 Å². The van der Waals surface area contributed by atoms with Gasteiger partial charge in [-0.2, -0.15) is 0 Å². The smallest absolute Gasteiger partial charge is 0.107 e. The lowest BCUT2D eigenvalue weighted by molar-refractivity contribution is 0.0536. The van der Waals surface area contributed by atoms with Crippen LogP contribution < -0.4 is 11.1 Å². The SMILES string of the molecule is CNC(O)C1CCC(CN)CC1. The third-order valence-corrected chi connectivity index (χ3v) is 2.97. The molecule has 4 N–H and O–H groups in total. The van der Waals surface area contributed by atoms with E-state index in [0.29, 0.717) is 11.8 Å². The summed E-state index contributed by atoms with van der Waals surface area (Å²) in [5, 5.41) is 12.4. The van der Waals surface area contributed by atoms with Gasteiger partial charge in [0.2, 0.25) is 0 Å². The Morgan fingerprint density at radius 1 is 1.42 bits per heavy atom. The van der Waals surface area contributed by atoms with Crippen molar-refractivity contribution in [2.45, 2.75) is 31.9 Å². The minimum absolute atomic E-state index is 0.316. The van der Waals surface area contributed by atoms with E-state index in [4.69, 9.17) is 5.73 Å². The van der Waals surface area contributed by atoms with E-state index in [1.54, 1.807) is 7.05 Å². The molecule has 1 unspecified atom stereocenters. The molecule has 72 valence electrons. The Balaban J connectivity index is 2.25. The molecule has 1 aliphatic rings. The Bertz CT molecular complexity index is 122. The van der Waals surface area contributed by atoms with Crippen LogP contribution in [-0.4, -0.2) is 24.9 Å². The first-order valence-electron chi connectivity index (χ1n) is 4.83. The van der Waals surface area contributed by atoms with Crippen LogP contribution in [0.4, 0.5) is 0 Å². The van der Waals surface area contributed by atoms with Crippen molar-refractivity contribution >= 4 is 0 Å². The highest BCUT2D eigenvalue weighted by Gasteiger charge is 2.24. The maximum Gasteiger partial charge on any atom is 0.107 e. The Labute approximate surface area is 74.3 Å². The number of nitrogens with two attached hydrogens (primary N) is 1. The molecule has 3 nitrogen and oxygen atoms in total. The summed E-state index contributed by atoms with van der Waals surface area (Å²) >= 11 is 0. The van der Waals surface area contributed by atoms with Crippen LogP contribution in [0.3, 0.4) is 0 Å². The topological polar surface area (TPSA) is 58.3 Å². The zero-order chi connectivity index (χ0) is 8.97. The van der Waals surface area contributed by atoms with Crippen molar-refractivity contribution in [2.24, 2.45) is 17.6 Å². The normalized spacial score (nSPS) is 33.2. The average molecular weight is 172 g/mol. The zero-order valence-corrected chi connectivity index (χ0v) is 7.79. The van der Waals surface area contributed by atoms with Crippen LogP contribution in [0.5, 0.6) is 0 Å². The third-order valence-electron chi connectivity index (χ3n) is 2.97. The molecule has 0 bridgehead atoms. The Hall–Kier alpha value is -0.120. The van der Waals surface area contributed by atoms with Crippen molar-refractivity contribution in [3.8, 4) is 0 Å². The zero-order valence-electron chi connectivity index (χ0n) is 7.79. The fourth-order valence-electron chi connectivity index (χ4n) is 1.98. The molecule has 0 amide bonds. The number of aliphatic hydroxyl groups excluding tert-OH is 1. The minimum Gasteiger partial charge on any atom is -0.378 e. The monoisotopic (exact) mass is 172 g/mol. The molecule has 12 heavy (non-hydrogen) atoms. The van der Waals surface area contributed by atoms with Gasteiger partial charge in [0.15, 0.2) is 0 Å². The molecule has 1 fully saturated rings. The standard InChI is InChI=1S/C9H20N2O/c1-11-9(12)8-4-2-7(6-10)3-5-8/h7-9,11-12H,2-6,10H2,1H3. The quantitative estimate of drug-likeness (QED) is 0.536. The van der Waals surface area contributed by atoms with Gasteiger partial charge in [-0.05, 0) is 51.1 Å². The summed E-state index contributed by atoms with van der Waals surface area (Å²) in [6.45, 7) is 0.808. The largest absolute Gasteiger partial charge is 0.378 e. The van der Waals surface area contributed by atoms with Crippen LogP contribution in [0.1, 0.15) is 25.7 Å². The van der Waals surface area contributed by atoms with E-state index in [2.05, 4.69) is 5.32 Å². The predicted molar refractivity (Wildman–Crippen MR) is 49.6 cm³/mol. The summed E-state index contributed by atoms with van der Waals surface area (Å²) < 4.78 is 0. The van der Waals surface area contributed by atoms with E-state index in [9.17, 15) is 5.11 Å². The van der Waals surface area contributed by atoms with Crippen molar-refractivity contribution in [2.75, 3.05) is 13.6 Å². The Kier molecular flexibility index (Phi) is 3.98. The number of hydrogen-bond acceptors (Lipinski definition) is 3. The molecule has 3 heteroatoms. The molecule has 0 aromatic carbocycles. The lowest BCUT2D eigenvalue weighted by atomic mass is 9.81. The Morgan fingerprint density at radius 2 is 2.00 bits per heavy atom. The molecule has 0 spiro atoms. The predicted octanol–water partition coefficient (Wildman–Crippen LogP) is 0.289.